The number of amides is 1. The molecule has 0 saturated heterocycles. The van der Waals surface area contributed by atoms with E-state index < -0.39 is 18.1 Å². The second kappa shape index (κ2) is 11.2. The molecule has 0 spiro atoms. The van der Waals surface area contributed by atoms with Crippen LogP contribution in [0.15, 0.2) is 54.9 Å². The minimum atomic E-state index is -0.867. The van der Waals surface area contributed by atoms with Gasteiger partial charge in [-0.2, -0.15) is 4.57 Å². The number of ether oxygens (including phenoxy) is 1. The average molecular weight is 400 g/mol. The summed E-state index contributed by atoms with van der Waals surface area (Å²) in [6, 6.07) is 13.0. The molecule has 7 heteroatoms. The van der Waals surface area contributed by atoms with Gasteiger partial charge in [-0.1, -0.05) is 44.2 Å². The Hall–Kier alpha value is -2.93. The van der Waals surface area contributed by atoms with Crippen molar-refractivity contribution in [3.05, 3.63) is 66.0 Å². The summed E-state index contributed by atoms with van der Waals surface area (Å²) in [5.74, 6) is -0.887. The van der Waals surface area contributed by atoms with E-state index in [9.17, 15) is 14.7 Å². The molecule has 0 saturated carbocycles. The van der Waals surface area contributed by atoms with Crippen molar-refractivity contribution >= 4 is 12.1 Å². The first-order valence-corrected chi connectivity index (χ1v) is 9.76. The van der Waals surface area contributed by atoms with Gasteiger partial charge in [-0.3, -0.25) is 10.1 Å². The van der Waals surface area contributed by atoms with Gasteiger partial charge in [-0.25, -0.2) is 4.79 Å². The number of alkyl carbamates (subject to hydrolysis) is 1. The lowest BCUT2D eigenvalue weighted by atomic mass is 10.0. The monoisotopic (exact) mass is 400 g/mol. The Bertz CT molecular complexity index is 796. The lowest BCUT2D eigenvalue weighted by molar-refractivity contribution is -0.727. The van der Waals surface area contributed by atoms with Gasteiger partial charge in [-0.15, -0.1) is 0 Å². The fraction of sp³-hybridized carbons (Fsp3) is 0.409. The number of rotatable bonds is 10. The van der Waals surface area contributed by atoms with Gasteiger partial charge in [0, 0.05) is 24.2 Å². The number of carboxylic acid groups (broad SMARTS) is 1. The number of nitrogens with zero attached hydrogens (tertiary/aromatic N) is 1. The molecule has 2 aromatic rings. The van der Waals surface area contributed by atoms with Crippen LogP contribution in [0.3, 0.4) is 0 Å². The lowest BCUT2D eigenvalue weighted by Gasteiger charge is -2.17. The number of benzene rings is 1. The van der Waals surface area contributed by atoms with Gasteiger partial charge in [0.2, 0.25) is 0 Å². The summed E-state index contributed by atoms with van der Waals surface area (Å²) >= 11 is 0. The van der Waals surface area contributed by atoms with E-state index in [0.717, 1.165) is 17.5 Å². The number of hydrogen-bond acceptors (Lipinski definition) is 4. The Morgan fingerprint density at radius 2 is 1.76 bits per heavy atom. The number of carbonyl (C=O) groups excluding carboxylic acids is 1. The molecule has 1 amide bonds. The summed E-state index contributed by atoms with van der Waals surface area (Å²) in [7, 11) is 0. The zero-order valence-corrected chi connectivity index (χ0v) is 17.2. The quantitative estimate of drug-likeness (QED) is 0.533. The van der Waals surface area contributed by atoms with E-state index in [1.165, 1.54) is 0 Å². The zero-order chi connectivity index (χ0) is 21.2. The molecule has 0 fully saturated rings. The Balaban J connectivity index is 1.80. The minimum absolute atomic E-state index is 0.0201. The van der Waals surface area contributed by atoms with Crippen LogP contribution in [0.5, 0.6) is 0 Å². The maximum atomic E-state index is 12.0. The Morgan fingerprint density at radius 1 is 1.07 bits per heavy atom. The van der Waals surface area contributed by atoms with Crippen LogP contribution in [0.1, 0.15) is 31.9 Å². The molecule has 0 bridgehead atoms. The molecule has 0 aliphatic rings. The van der Waals surface area contributed by atoms with Crippen LogP contribution < -0.4 is 15.2 Å². The standard InChI is InChI=1S/C22H29N3O4/c1-16(2)20(21(26)27)23-13-19-10-7-11-25(14-19)15-29-22(28)24-17(3)12-18-8-5-4-6-9-18/h4-11,14,16-17,20,23H,12-13,15H2,1-3H3,(H-,24,26,27,28)/p+1/t17-,20-/m0/s1. The second-order valence-electron chi connectivity index (χ2n) is 7.46. The van der Waals surface area contributed by atoms with Crippen molar-refractivity contribution in [1.82, 2.24) is 10.6 Å². The molecular formula is C22H30N3O4+. The second-order valence-corrected chi connectivity index (χ2v) is 7.46. The molecule has 29 heavy (non-hydrogen) atoms. The Labute approximate surface area is 171 Å². The summed E-state index contributed by atoms with van der Waals surface area (Å²) in [6.07, 6.45) is 3.87. The average Bonchev–Trinajstić information content (AvgIpc) is 2.67. The van der Waals surface area contributed by atoms with Gasteiger partial charge >= 0.3 is 12.1 Å². The number of nitrogens with one attached hydrogen (secondary N) is 2. The van der Waals surface area contributed by atoms with E-state index in [1.54, 1.807) is 10.8 Å². The van der Waals surface area contributed by atoms with Gasteiger partial charge in [0.25, 0.3) is 6.73 Å². The predicted molar refractivity (Wildman–Crippen MR) is 109 cm³/mol. The maximum absolute atomic E-state index is 12.0. The highest BCUT2D eigenvalue weighted by Gasteiger charge is 2.20. The molecule has 1 aromatic carbocycles. The first-order valence-electron chi connectivity index (χ1n) is 9.76. The Morgan fingerprint density at radius 3 is 2.41 bits per heavy atom. The molecule has 156 valence electrons. The van der Waals surface area contributed by atoms with Gasteiger partial charge in [0.05, 0.1) is 0 Å². The molecule has 2 rings (SSSR count). The van der Waals surface area contributed by atoms with Crippen LogP contribution in [-0.4, -0.2) is 29.3 Å². The highest BCUT2D eigenvalue weighted by molar-refractivity contribution is 5.73. The maximum Gasteiger partial charge on any atom is 0.412 e. The smallest absolute Gasteiger partial charge is 0.412 e. The summed E-state index contributed by atoms with van der Waals surface area (Å²) in [4.78, 5) is 23.3. The molecule has 2 atom stereocenters. The normalized spacial score (nSPS) is 13.0. The molecule has 7 nitrogen and oxygen atoms in total. The SMILES string of the molecule is CC(C)[C@H](NCc1ccc[n+](COC(=O)N[C@@H](C)Cc2ccccc2)c1)C(=O)O. The van der Waals surface area contributed by atoms with E-state index in [2.05, 4.69) is 10.6 Å². The van der Waals surface area contributed by atoms with Crippen molar-refractivity contribution in [2.75, 3.05) is 0 Å². The van der Waals surface area contributed by atoms with E-state index in [4.69, 9.17) is 4.74 Å². The molecule has 1 heterocycles. The van der Waals surface area contributed by atoms with Crippen molar-refractivity contribution in [1.29, 1.82) is 0 Å². The van der Waals surface area contributed by atoms with Crippen LogP contribution in [0.2, 0.25) is 0 Å². The summed E-state index contributed by atoms with van der Waals surface area (Å²) < 4.78 is 7.03. The molecule has 1 aromatic heterocycles. The zero-order valence-electron chi connectivity index (χ0n) is 17.2. The molecular weight excluding hydrogens is 370 g/mol. The highest BCUT2D eigenvalue weighted by Crippen LogP contribution is 2.04. The van der Waals surface area contributed by atoms with Crippen molar-refractivity contribution in [2.24, 2.45) is 5.92 Å². The Kier molecular flexibility index (Phi) is 8.61. The van der Waals surface area contributed by atoms with E-state index in [-0.39, 0.29) is 18.7 Å². The van der Waals surface area contributed by atoms with E-state index in [0.29, 0.717) is 6.54 Å². The summed E-state index contributed by atoms with van der Waals surface area (Å²) in [5.41, 5.74) is 2.05. The molecule has 0 aliphatic carbocycles. The van der Waals surface area contributed by atoms with E-state index in [1.807, 2.05) is 69.4 Å². The molecule has 0 aliphatic heterocycles. The number of aromatic nitrogens is 1. The molecule has 0 unspecified atom stereocenters. The van der Waals surface area contributed by atoms with Gasteiger partial charge < -0.3 is 15.2 Å². The third-order valence-corrected chi connectivity index (χ3v) is 4.47. The van der Waals surface area contributed by atoms with Gasteiger partial charge in [0.15, 0.2) is 12.4 Å². The fourth-order valence-corrected chi connectivity index (χ4v) is 2.99. The van der Waals surface area contributed by atoms with Gasteiger partial charge in [0.1, 0.15) is 6.04 Å². The number of pyridine rings is 1. The first kappa shape index (κ1) is 22.4. The number of carbonyl (C=O) groups is 2. The third kappa shape index (κ3) is 7.91. The van der Waals surface area contributed by atoms with Crippen molar-refractivity contribution in [3.8, 4) is 0 Å². The van der Waals surface area contributed by atoms with Crippen LogP contribution in [0.25, 0.3) is 0 Å². The van der Waals surface area contributed by atoms with Crippen molar-refractivity contribution < 1.29 is 24.0 Å². The highest BCUT2D eigenvalue weighted by atomic mass is 16.6. The third-order valence-electron chi connectivity index (χ3n) is 4.47. The number of aliphatic carboxylic acids is 1. The topological polar surface area (TPSA) is 91.5 Å². The fourth-order valence-electron chi connectivity index (χ4n) is 2.99. The summed E-state index contributed by atoms with van der Waals surface area (Å²) in [6.45, 7) is 6.15. The van der Waals surface area contributed by atoms with Crippen LogP contribution in [-0.2, 0) is 29.2 Å². The minimum Gasteiger partial charge on any atom is -0.480 e. The van der Waals surface area contributed by atoms with Crippen LogP contribution in [0.4, 0.5) is 4.79 Å². The van der Waals surface area contributed by atoms with Crippen molar-refractivity contribution in [3.63, 3.8) is 0 Å². The summed E-state index contributed by atoms with van der Waals surface area (Å²) in [5, 5.41) is 15.1. The van der Waals surface area contributed by atoms with Crippen LogP contribution >= 0.6 is 0 Å². The molecule has 3 N–H and O–H groups in total. The number of carboxylic acids is 1. The van der Waals surface area contributed by atoms with Crippen molar-refractivity contribution in [2.45, 2.75) is 52.6 Å². The largest absolute Gasteiger partial charge is 0.480 e. The van der Waals surface area contributed by atoms with E-state index >= 15 is 0 Å². The first-order chi connectivity index (χ1) is 13.8. The van der Waals surface area contributed by atoms with Crippen LogP contribution in [0, 0.1) is 5.92 Å². The predicted octanol–water partition coefficient (Wildman–Crippen LogP) is 2.49. The number of hydrogen-bond donors (Lipinski definition) is 3. The molecule has 0 radical (unpaired) electrons. The lowest BCUT2D eigenvalue weighted by Crippen LogP contribution is -2.42. The van der Waals surface area contributed by atoms with Gasteiger partial charge in [-0.05, 0) is 30.9 Å².